The third kappa shape index (κ3) is 3.62. The number of hydrogen-bond acceptors (Lipinski definition) is 5. The molecule has 0 saturated carbocycles. The van der Waals surface area contributed by atoms with Crippen molar-refractivity contribution in [2.45, 2.75) is 25.6 Å². The molecule has 0 aromatic carbocycles. The van der Waals surface area contributed by atoms with Gasteiger partial charge in [-0.05, 0) is 18.6 Å². The van der Waals surface area contributed by atoms with Crippen molar-refractivity contribution in [1.82, 2.24) is 19.4 Å². The van der Waals surface area contributed by atoms with Crippen molar-refractivity contribution in [2.24, 2.45) is 7.05 Å². The largest absolute Gasteiger partial charge is 0.447 e. The number of β-amino-alcohol motifs (C(OH)–C–C–N with tert-alkyl or cyclic N) is 1. The third-order valence-corrected chi connectivity index (χ3v) is 4.17. The molecule has 3 rings (SSSR count). The lowest BCUT2D eigenvalue weighted by Crippen LogP contribution is -2.27. The molecule has 124 valence electrons. The number of carbonyl (C=O) groups is 1. The van der Waals surface area contributed by atoms with Gasteiger partial charge < -0.3 is 19.0 Å². The minimum atomic E-state index is -0.275. The fraction of sp³-hybridized carbons (Fsp3) is 0.500. The van der Waals surface area contributed by atoms with Gasteiger partial charge in [0.2, 0.25) is 5.89 Å². The molecule has 7 nitrogen and oxygen atoms in total. The lowest BCUT2D eigenvalue weighted by atomic mass is 10.3. The molecule has 3 heterocycles. The van der Waals surface area contributed by atoms with Crippen molar-refractivity contribution in [3.05, 3.63) is 41.9 Å². The van der Waals surface area contributed by atoms with Gasteiger partial charge in [0.05, 0.1) is 19.2 Å². The van der Waals surface area contributed by atoms with Crippen LogP contribution >= 0.6 is 0 Å². The Balaban J connectivity index is 1.60. The molecule has 0 bridgehead atoms. The van der Waals surface area contributed by atoms with Crippen molar-refractivity contribution >= 4 is 5.91 Å². The van der Waals surface area contributed by atoms with E-state index >= 15 is 0 Å². The SMILES string of the molecule is CN(Cc1cccn1C)C(=O)c1coc(CN2CC[C@H](O)C2)n1. The molecule has 2 aromatic rings. The Morgan fingerprint density at radius 3 is 3.04 bits per heavy atom. The van der Waals surface area contributed by atoms with E-state index in [1.165, 1.54) is 6.26 Å². The van der Waals surface area contributed by atoms with E-state index in [4.69, 9.17) is 4.42 Å². The Hall–Kier alpha value is -2.12. The molecule has 1 amide bonds. The maximum Gasteiger partial charge on any atom is 0.275 e. The monoisotopic (exact) mass is 318 g/mol. The number of oxazole rings is 1. The first-order chi connectivity index (χ1) is 11.0. The molecule has 7 heteroatoms. The van der Waals surface area contributed by atoms with E-state index < -0.39 is 0 Å². The number of carbonyl (C=O) groups excluding carboxylic acids is 1. The number of nitrogens with zero attached hydrogens (tertiary/aromatic N) is 4. The molecule has 0 radical (unpaired) electrons. The summed E-state index contributed by atoms with van der Waals surface area (Å²) in [7, 11) is 3.70. The van der Waals surface area contributed by atoms with E-state index in [9.17, 15) is 9.90 Å². The van der Waals surface area contributed by atoms with E-state index in [0.29, 0.717) is 31.2 Å². The molecule has 2 aromatic heterocycles. The Kier molecular flexibility index (Phi) is 4.49. The van der Waals surface area contributed by atoms with Crippen molar-refractivity contribution in [2.75, 3.05) is 20.1 Å². The molecule has 1 saturated heterocycles. The molecule has 0 spiro atoms. The summed E-state index contributed by atoms with van der Waals surface area (Å²) in [6.07, 6.45) is 3.85. The second kappa shape index (κ2) is 6.55. The summed E-state index contributed by atoms with van der Waals surface area (Å²) in [5.41, 5.74) is 1.37. The van der Waals surface area contributed by atoms with Gasteiger partial charge in [0, 0.05) is 39.1 Å². The fourth-order valence-electron chi connectivity index (χ4n) is 2.80. The summed E-state index contributed by atoms with van der Waals surface area (Å²) < 4.78 is 7.39. The van der Waals surface area contributed by atoms with Crippen molar-refractivity contribution < 1.29 is 14.3 Å². The molecule has 1 fully saturated rings. The number of likely N-dealkylation sites (tertiary alicyclic amines) is 1. The molecule has 0 unspecified atom stereocenters. The zero-order valence-electron chi connectivity index (χ0n) is 13.5. The van der Waals surface area contributed by atoms with Gasteiger partial charge in [-0.15, -0.1) is 0 Å². The van der Waals surface area contributed by atoms with Gasteiger partial charge in [0.25, 0.3) is 5.91 Å². The highest BCUT2D eigenvalue weighted by Gasteiger charge is 2.23. The van der Waals surface area contributed by atoms with Crippen LogP contribution in [0.3, 0.4) is 0 Å². The van der Waals surface area contributed by atoms with Crippen LogP contribution in [0.5, 0.6) is 0 Å². The number of amides is 1. The van der Waals surface area contributed by atoms with E-state index in [1.807, 2.05) is 29.9 Å². The zero-order valence-corrected chi connectivity index (χ0v) is 13.5. The quantitative estimate of drug-likeness (QED) is 0.885. The summed E-state index contributed by atoms with van der Waals surface area (Å²) in [6, 6.07) is 3.93. The van der Waals surface area contributed by atoms with E-state index in [0.717, 1.165) is 18.7 Å². The molecular weight excluding hydrogens is 296 g/mol. The predicted molar refractivity (Wildman–Crippen MR) is 83.6 cm³/mol. The topological polar surface area (TPSA) is 74.7 Å². The van der Waals surface area contributed by atoms with Crippen LogP contribution in [-0.4, -0.2) is 56.6 Å². The van der Waals surface area contributed by atoms with Crippen LogP contribution in [0.2, 0.25) is 0 Å². The summed E-state index contributed by atoms with van der Waals surface area (Å²) in [5.74, 6) is 0.345. The first-order valence-electron chi connectivity index (χ1n) is 7.73. The number of rotatable bonds is 5. The number of hydrogen-bond donors (Lipinski definition) is 1. The average Bonchev–Trinajstić information content (AvgIpc) is 3.23. The molecule has 1 aliphatic rings. The minimum absolute atomic E-state index is 0.164. The fourth-order valence-corrected chi connectivity index (χ4v) is 2.80. The lowest BCUT2D eigenvalue weighted by molar-refractivity contribution is 0.0776. The van der Waals surface area contributed by atoms with Crippen molar-refractivity contribution in [3.63, 3.8) is 0 Å². The molecule has 1 atom stereocenters. The van der Waals surface area contributed by atoms with E-state index in [2.05, 4.69) is 9.88 Å². The van der Waals surface area contributed by atoms with E-state index in [1.54, 1.807) is 11.9 Å². The Morgan fingerprint density at radius 2 is 2.39 bits per heavy atom. The third-order valence-electron chi connectivity index (χ3n) is 4.17. The van der Waals surface area contributed by atoms with Crippen molar-refractivity contribution in [1.29, 1.82) is 0 Å². The summed E-state index contributed by atoms with van der Waals surface area (Å²) >= 11 is 0. The predicted octanol–water partition coefficient (Wildman–Crippen LogP) is 0.852. The van der Waals surface area contributed by atoms with Gasteiger partial charge in [-0.3, -0.25) is 9.69 Å². The van der Waals surface area contributed by atoms with Gasteiger partial charge in [-0.25, -0.2) is 4.98 Å². The van der Waals surface area contributed by atoms with Crippen LogP contribution in [0.15, 0.2) is 29.0 Å². The van der Waals surface area contributed by atoms with Crippen LogP contribution in [0.4, 0.5) is 0 Å². The summed E-state index contributed by atoms with van der Waals surface area (Å²) in [6.45, 7) is 2.48. The number of aliphatic hydroxyl groups is 1. The van der Waals surface area contributed by atoms with Gasteiger partial charge in [-0.1, -0.05) is 0 Å². The highest BCUT2D eigenvalue weighted by Crippen LogP contribution is 2.14. The normalized spacial score (nSPS) is 18.5. The number of aromatic nitrogens is 2. The zero-order chi connectivity index (χ0) is 16.4. The first-order valence-corrected chi connectivity index (χ1v) is 7.73. The van der Waals surface area contributed by atoms with Crippen LogP contribution in [0.1, 0.15) is 28.5 Å². The van der Waals surface area contributed by atoms with Crippen LogP contribution < -0.4 is 0 Å². The average molecular weight is 318 g/mol. The standard InChI is InChI=1S/C16H22N4O3/c1-18-6-3-4-12(18)8-19(2)16(22)14-11-23-15(17-14)10-20-7-5-13(21)9-20/h3-4,6,11,13,21H,5,7-10H2,1-2H3/t13-/m0/s1. The van der Waals surface area contributed by atoms with Crippen LogP contribution in [0.25, 0.3) is 0 Å². The maximum atomic E-state index is 12.4. The van der Waals surface area contributed by atoms with Crippen LogP contribution in [-0.2, 0) is 20.1 Å². The molecule has 1 aliphatic heterocycles. The summed E-state index contributed by atoms with van der Waals surface area (Å²) in [5, 5.41) is 9.53. The minimum Gasteiger partial charge on any atom is -0.447 e. The Morgan fingerprint density at radius 1 is 1.57 bits per heavy atom. The van der Waals surface area contributed by atoms with Gasteiger partial charge in [0.1, 0.15) is 6.26 Å². The van der Waals surface area contributed by atoms with Crippen LogP contribution in [0, 0.1) is 0 Å². The second-order valence-corrected chi connectivity index (χ2v) is 6.08. The Labute approximate surface area is 135 Å². The smallest absolute Gasteiger partial charge is 0.275 e. The molecule has 0 aliphatic carbocycles. The number of aliphatic hydroxyl groups excluding tert-OH is 1. The lowest BCUT2D eigenvalue weighted by Gasteiger charge is -2.16. The highest BCUT2D eigenvalue weighted by atomic mass is 16.3. The highest BCUT2D eigenvalue weighted by molar-refractivity contribution is 5.91. The molecule has 1 N–H and O–H groups in total. The van der Waals surface area contributed by atoms with E-state index in [-0.39, 0.29) is 12.0 Å². The number of aryl methyl sites for hydroxylation is 1. The molecule has 23 heavy (non-hydrogen) atoms. The Bertz CT molecular complexity index is 678. The second-order valence-electron chi connectivity index (χ2n) is 6.08. The van der Waals surface area contributed by atoms with Gasteiger partial charge in [-0.2, -0.15) is 0 Å². The van der Waals surface area contributed by atoms with Gasteiger partial charge >= 0.3 is 0 Å². The maximum absolute atomic E-state index is 12.4. The summed E-state index contributed by atoms with van der Waals surface area (Å²) in [4.78, 5) is 20.4. The first kappa shape index (κ1) is 15.8. The van der Waals surface area contributed by atoms with Gasteiger partial charge in [0.15, 0.2) is 5.69 Å². The van der Waals surface area contributed by atoms with Crippen molar-refractivity contribution in [3.8, 4) is 0 Å². The molecular formula is C16H22N4O3.